The van der Waals surface area contributed by atoms with E-state index in [4.69, 9.17) is 26.4 Å². The molecule has 37 heavy (non-hydrogen) atoms. The molecule has 1 N–H and O–H groups in total. The molecule has 0 aliphatic carbocycles. The van der Waals surface area contributed by atoms with Gasteiger partial charge >= 0.3 is 12.1 Å². The van der Waals surface area contributed by atoms with Gasteiger partial charge in [-0.25, -0.2) is 17.5 Å². The van der Waals surface area contributed by atoms with E-state index in [1.165, 1.54) is 19.2 Å². The van der Waals surface area contributed by atoms with Crippen molar-refractivity contribution in [3.05, 3.63) is 78.2 Å². The summed E-state index contributed by atoms with van der Waals surface area (Å²) < 4.78 is 42.8. The molecule has 0 saturated heterocycles. The normalized spacial score (nSPS) is 12.1. The lowest BCUT2D eigenvalue weighted by molar-refractivity contribution is -0.155. The van der Waals surface area contributed by atoms with E-state index in [0.717, 1.165) is 15.4 Å². The summed E-state index contributed by atoms with van der Waals surface area (Å²) in [6.07, 6.45) is -1.23. The number of esters is 1. The Morgan fingerprint density at radius 2 is 1.68 bits per heavy atom. The fraction of sp³-hybridized carbons (Fsp3) is 0.346. The Bertz CT molecular complexity index is 1220. The van der Waals surface area contributed by atoms with Crippen LogP contribution in [0.25, 0.3) is 0 Å². The second-order valence-corrected chi connectivity index (χ2v) is 11.5. The first-order chi connectivity index (χ1) is 17.2. The van der Waals surface area contributed by atoms with E-state index < -0.39 is 33.7 Å². The number of nitrogens with one attached hydrogen (secondary N) is 1. The van der Waals surface area contributed by atoms with Gasteiger partial charge in [-0.1, -0.05) is 48.0 Å². The largest absolute Gasteiger partial charge is 0.460 e. The van der Waals surface area contributed by atoms with Crippen LogP contribution in [0.15, 0.2) is 72.0 Å². The van der Waals surface area contributed by atoms with Crippen LogP contribution in [0.1, 0.15) is 38.3 Å². The minimum Gasteiger partial charge on any atom is -0.460 e. The molecule has 0 radical (unpaired) electrons. The van der Waals surface area contributed by atoms with E-state index in [9.17, 15) is 18.0 Å². The number of hydrogen-bond acceptors (Lipinski definition) is 8. The van der Waals surface area contributed by atoms with Crippen molar-refractivity contribution in [1.29, 1.82) is 0 Å². The molecule has 0 fully saturated rings. The first-order valence-electron chi connectivity index (χ1n) is 11.3. The molecule has 0 unspecified atom stereocenters. The summed E-state index contributed by atoms with van der Waals surface area (Å²) in [5.74, 6) is -0.975. The van der Waals surface area contributed by atoms with Crippen LogP contribution < -0.4 is 5.32 Å². The Balaban J connectivity index is 2.13. The molecule has 0 saturated carbocycles. The molecule has 2 aromatic rings. The molecule has 2 aromatic carbocycles. The van der Waals surface area contributed by atoms with E-state index in [2.05, 4.69) is 11.9 Å². The highest BCUT2D eigenvalue weighted by Crippen LogP contribution is 2.20. The molecule has 200 valence electrons. The topological polar surface area (TPSA) is 111 Å². The van der Waals surface area contributed by atoms with Crippen molar-refractivity contribution in [2.75, 3.05) is 7.05 Å². The summed E-state index contributed by atoms with van der Waals surface area (Å²) in [6, 6.07) is 14.1. The molecule has 2 rings (SSSR count). The molecular weight excluding hydrogens is 516 g/mol. The van der Waals surface area contributed by atoms with Crippen molar-refractivity contribution < 1.29 is 32.2 Å². The Labute approximate surface area is 223 Å². The lowest BCUT2D eigenvalue weighted by Gasteiger charge is -2.25. The number of thiocarbonyl (C=S) groups is 1. The van der Waals surface area contributed by atoms with Gasteiger partial charge in [0, 0.05) is 7.05 Å². The summed E-state index contributed by atoms with van der Waals surface area (Å²) in [7, 11) is -2.74. The molecule has 9 nitrogen and oxygen atoms in total. The lowest BCUT2D eigenvalue weighted by Crippen LogP contribution is -2.44. The zero-order valence-electron chi connectivity index (χ0n) is 21.5. The SMILES string of the molecule is C=C(OC(=S)[C@H](CC(=O)OC(C)(C)C)NC(=O)OCc1ccccc1)N(C)S(=O)(=O)c1ccc(C)cc1. The summed E-state index contributed by atoms with van der Waals surface area (Å²) in [6.45, 7) is 10.6. The molecule has 0 aliphatic rings. The Morgan fingerprint density at radius 3 is 2.24 bits per heavy atom. The van der Waals surface area contributed by atoms with E-state index in [1.54, 1.807) is 57.2 Å². The predicted molar refractivity (Wildman–Crippen MR) is 143 cm³/mol. The van der Waals surface area contributed by atoms with Crippen LogP contribution in [0.3, 0.4) is 0 Å². The second kappa shape index (κ2) is 12.7. The summed E-state index contributed by atoms with van der Waals surface area (Å²) in [5, 5.41) is 2.19. The number of alkyl carbamates (subject to hydrolysis) is 1. The average molecular weight is 549 g/mol. The molecule has 0 aliphatic heterocycles. The predicted octanol–water partition coefficient (Wildman–Crippen LogP) is 4.46. The molecular formula is C26H32N2O7S2. The van der Waals surface area contributed by atoms with Gasteiger partial charge in [0.1, 0.15) is 18.2 Å². The molecule has 0 heterocycles. The minimum absolute atomic E-state index is 0.0102. The van der Waals surface area contributed by atoms with Crippen LogP contribution in [0, 0.1) is 6.92 Å². The number of sulfonamides is 1. The molecule has 1 atom stereocenters. The van der Waals surface area contributed by atoms with Crippen molar-refractivity contribution in [3.63, 3.8) is 0 Å². The Morgan fingerprint density at radius 1 is 1.08 bits per heavy atom. The minimum atomic E-state index is -3.99. The van der Waals surface area contributed by atoms with Gasteiger partial charge in [-0.05, 0) is 64.2 Å². The average Bonchev–Trinajstić information content (AvgIpc) is 2.81. The van der Waals surface area contributed by atoms with E-state index >= 15 is 0 Å². The number of carbonyl (C=O) groups is 2. The number of rotatable bonds is 10. The number of carbonyl (C=O) groups excluding carboxylic acids is 2. The van der Waals surface area contributed by atoms with Gasteiger partial charge in [-0.3, -0.25) is 4.79 Å². The monoisotopic (exact) mass is 548 g/mol. The molecule has 0 spiro atoms. The maximum Gasteiger partial charge on any atom is 0.408 e. The highest BCUT2D eigenvalue weighted by molar-refractivity contribution is 7.89. The first kappa shape index (κ1) is 29.8. The van der Waals surface area contributed by atoms with Crippen LogP contribution in [0.2, 0.25) is 0 Å². The Hall–Kier alpha value is -3.44. The maximum absolute atomic E-state index is 12.9. The maximum atomic E-state index is 12.9. The third-order valence-corrected chi connectivity index (χ3v) is 6.99. The van der Waals surface area contributed by atoms with Crippen LogP contribution in [-0.4, -0.2) is 48.5 Å². The van der Waals surface area contributed by atoms with Gasteiger partial charge in [0.25, 0.3) is 10.0 Å². The zero-order valence-corrected chi connectivity index (χ0v) is 23.1. The number of aryl methyl sites for hydroxylation is 1. The third-order valence-electron chi connectivity index (χ3n) is 4.83. The van der Waals surface area contributed by atoms with Gasteiger partial charge in [-0.15, -0.1) is 0 Å². The van der Waals surface area contributed by atoms with Crippen LogP contribution in [0.5, 0.6) is 0 Å². The third kappa shape index (κ3) is 9.51. The molecule has 11 heteroatoms. The lowest BCUT2D eigenvalue weighted by atomic mass is 10.1. The number of nitrogens with zero attached hydrogens (tertiary/aromatic N) is 1. The fourth-order valence-corrected chi connectivity index (χ4v) is 4.24. The molecule has 1 amide bonds. The molecule has 0 bridgehead atoms. The number of benzene rings is 2. The van der Waals surface area contributed by atoms with Gasteiger partial charge < -0.3 is 19.5 Å². The quantitative estimate of drug-likeness (QED) is 0.263. The van der Waals surface area contributed by atoms with E-state index in [-0.39, 0.29) is 28.9 Å². The van der Waals surface area contributed by atoms with Crippen molar-refractivity contribution in [3.8, 4) is 0 Å². The van der Waals surface area contributed by atoms with Crippen molar-refractivity contribution in [2.24, 2.45) is 0 Å². The second-order valence-electron chi connectivity index (χ2n) is 9.15. The number of amides is 1. The van der Waals surface area contributed by atoms with Crippen molar-refractivity contribution in [1.82, 2.24) is 9.62 Å². The van der Waals surface area contributed by atoms with Crippen LogP contribution in [0.4, 0.5) is 4.79 Å². The summed E-state index contributed by atoms with van der Waals surface area (Å²) >= 11 is 5.30. The van der Waals surface area contributed by atoms with Crippen molar-refractivity contribution in [2.45, 2.75) is 57.3 Å². The summed E-state index contributed by atoms with van der Waals surface area (Å²) in [4.78, 5) is 25.0. The fourth-order valence-electron chi connectivity index (χ4n) is 2.90. The van der Waals surface area contributed by atoms with Gasteiger partial charge in [0.2, 0.25) is 5.88 Å². The van der Waals surface area contributed by atoms with E-state index in [0.29, 0.717) is 0 Å². The Kier molecular flexibility index (Phi) is 10.2. The first-order valence-corrected chi connectivity index (χ1v) is 13.2. The van der Waals surface area contributed by atoms with E-state index in [1.807, 2.05) is 13.0 Å². The van der Waals surface area contributed by atoms with Gasteiger partial charge in [-0.2, -0.15) is 0 Å². The van der Waals surface area contributed by atoms with Gasteiger partial charge in [0.15, 0.2) is 5.05 Å². The number of hydrogen-bond donors (Lipinski definition) is 1. The van der Waals surface area contributed by atoms with Crippen molar-refractivity contribution >= 4 is 39.4 Å². The standard InChI is InChI=1S/C26H32N2O7S2/c1-18-12-14-21(15-13-18)37(31,32)28(6)19(2)34-24(36)22(16-23(29)35-26(3,4)5)27-25(30)33-17-20-10-8-7-9-11-20/h7-15,22H,2,16-17H2,1,3-6H3,(H,27,30)/t22-/m0/s1. The highest BCUT2D eigenvalue weighted by atomic mass is 32.2. The highest BCUT2D eigenvalue weighted by Gasteiger charge is 2.29. The molecule has 0 aromatic heterocycles. The smallest absolute Gasteiger partial charge is 0.408 e. The van der Waals surface area contributed by atoms with Crippen LogP contribution in [-0.2, 0) is 35.6 Å². The number of ether oxygens (including phenoxy) is 3. The van der Waals surface area contributed by atoms with Crippen LogP contribution >= 0.6 is 12.2 Å². The zero-order chi connectivity index (χ0) is 27.8. The van der Waals surface area contributed by atoms with Gasteiger partial charge in [0.05, 0.1) is 11.3 Å². The summed E-state index contributed by atoms with van der Waals surface area (Å²) in [5.41, 5.74) is 0.883.